The lowest BCUT2D eigenvalue weighted by atomic mass is 10.2. The second-order valence-corrected chi connectivity index (χ2v) is 4.88. The molecule has 0 aromatic heterocycles. The lowest BCUT2D eigenvalue weighted by Crippen LogP contribution is -3.09. The van der Waals surface area contributed by atoms with E-state index in [2.05, 4.69) is 6.92 Å². The third-order valence-corrected chi connectivity index (χ3v) is 3.17. The van der Waals surface area contributed by atoms with Gasteiger partial charge in [0.1, 0.15) is 13.1 Å². The van der Waals surface area contributed by atoms with Crippen LogP contribution in [0.3, 0.4) is 0 Å². The zero-order chi connectivity index (χ0) is 18.0. The molecule has 0 aromatic carbocycles. The molecule has 0 unspecified atom stereocenters. The Hall–Kier alpha value is -0.290. The fourth-order valence-electron chi connectivity index (χ4n) is 1.83. The van der Waals surface area contributed by atoms with Crippen molar-refractivity contribution in [3.05, 3.63) is 0 Å². The van der Waals surface area contributed by atoms with Crippen LogP contribution in [-0.2, 0) is 0 Å². The smallest absolute Gasteiger partial charge is 0.418 e. The molecular weight excluding hydrogens is 352 g/mol. The van der Waals surface area contributed by atoms with Gasteiger partial charge in [0, 0.05) is 0 Å². The zero-order valence-corrected chi connectivity index (χ0v) is 12.6. The van der Waals surface area contributed by atoms with Gasteiger partial charge in [0.2, 0.25) is 0 Å². The summed E-state index contributed by atoms with van der Waals surface area (Å²) in [4.78, 5) is 0. The van der Waals surface area contributed by atoms with Gasteiger partial charge in [-0.15, -0.1) is 5.12 Å². The maximum Gasteiger partial charge on any atom is 0.673 e. The molecule has 0 atom stereocenters. The van der Waals surface area contributed by atoms with E-state index in [-0.39, 0.29) is 5.12 Å². The molecule has 1 aliphatic heterocycles. The summed E-state index contributed by atoms with van der Waals surface area (Å²) in [6.45, 7) is 6.27. The third-order valence-electron chi connectivity index (χ3n) is 2.67. The highest BCUT2D eigenvalue weighted by Crippen LogP contribution is 2.10. The minimum absolute atomic E-state index is 0.157. The minimum atomic E-state index is -6.00. The van der Waals surface area contributed by atoms with Crippen LogP contribution in [0.4, 0.5) is 39.0 Å². The molecule has 22 heavy (non-hydrogen) atoms. The van der Waals surface area contributed by atoms with E-state index in [0.717, 1.165) is 30.5 Å². The first kappa shape index (κ1) is 24.0. The predicted octanol–water partition coefficient (Wildman–Crippen LogP) is 2.79. The number of rotatable bonds is 3. The minimum Gasteiger partial charge on any atom is -0.418 e. The highest BCUT2D eigenvalue weighted by Gasteiger charge is 2.34. The molecule has 0 spiro atoms. The lowest BCUT2D eigenvalue weighted by Gasteiger charge is -2.38. The molecule has 1 saturated heterocycles. The Balaban J connectivity index is 0. The number of piperazine rings is 1. The van der Waals surface area contributed by atoms with Crippen LogP contribution in [0, 0.1) is 0 Å². The fourth-order valence-corrected chi connectivity index (χ4v) is 2.19. The van der Waals surface area contributed by atoms with E-state index in [4.69, 9.17) is 11.6 Å². The monoisotopic (exact) mass is 370 g/mol. The summed E-state index contributed by atoms with van der Waals surface area (Å²) in [5, 5.41) is 0.157. The molecule has 1 aliphatic rings. The number of nitrogens with zero attached hydrogens (tertiary/aromatic N) is 1. The number of quaternary nitrogens is 2. The standard InChI is InChI=1S/C8H17ClFN2.2BF4/c1-2-5-12(8-9)6-3-11(10)4-7-12;2*2-1(3,4)5/h2-8H2,1H3;;/q+1;2*-1/p+1. The van der Waals surface area contributed by atoms with E-state index in [1.165, 1.54) is 0 Å². The van der Waals surface area contributed by atoms with E-state index in [1.54, 1.807) is 0 Å². The first-order chi connectivity index (χ1) is 9.72. The van der Waals surface area contributed by atoms with Gasteiger partial charge in [-0.1, -0.05) is 18.5 Å². The van der Waals surface area contributed by atoms with Gasteiger partial charge < -0.3 is 39.0 Å². The van der Waals surface area contributed by atoms with Gasteiger partial charge in [-0.2, -0.15) is 0 Å². The first-order valence-corrected chi connectivity index (χ1v) is 6.92. The summed E-state index contributed by atoms with van der Waals surface area (Å²) in [6.07, 6.45) is 1.13. The van der Waals surface area contributed by atoms with Crippen LogP contribution in [0.1, 0.15) is 13.3 Å². The summed E-state index contributed by atoms with van der Waals surface area (Å²) >= 11 is 5.90. The Bertz CT molecular complexity index is 258. The molecule has 0 radical (unpaired) electrons. The number of alkyl halides is 1. The quantitative estimate of drug-likeness (QED) is 0.195. The summed E-state index contributed by atoms with van der Waals surface area (Å²) in [7, 11) is -12.0. The average Bonchev–Trinajstić information content (AvgIpc) is 2.28. The van der Waals surface area contributed by atoms with Crippen molar-refractivity contribution in [2.24, 2.45) is 0 Å². The molecule has 136 valence electrons. The Morgan fingerprint density at radius 1 is 0.909 bits per heavy atom. The molecule has 1 fully saturated rings. The van der Waals surface area contributed by atoms with Gasteiger partial charge >= 0.3 is 14.5 Å². The van der Waals surface area contributed by atoms with Crippen LogP contribution in [0.5, 0.6) is 0 Å². The number of halogens is 10. The van der Waals surface area contributed by atoms with Crippen molar-refractivity contribution < 1.29 is 48.6 Å². The number of hydrogen-bond donors (Lipinski definition) is 1. The van der Waals surface area contributed by atoms with Crippen molar-refractivity contribution in [2.45, 2.75) is 13.3 Å². The predicted molar refractivity (Wildman–Crippen MR) is 68.0 cm³/mol. The maximum absolute atomic E-state index is 12.8. The summed E-state index contributed by atoms with van der Waals surface area (Å²) in [6, 6.07) is 0.640. The van der Waals surface area contributed by atoms with E-state index in [0.29, 0.717) is 19.1 Å². The largest absolute Gasteiger partial charge is 0.673 e. The second-order valence-electron chi connectivity index (χ2n) is 4.64. The molecule has 1 rings (SSSR count). The third kappa shape index (κ3) is 19.7. The van der Waals surface area contributed by atoms with Gasteiger partial charge in [0.25, 0.3) is 0 Å². The number of hydrogen-bond acceptors (Lipinski definition) is 0. The zero-order valence-electron chi connectivity index (χ0n) is 11.8. The van der Waals surface area contributed by atoms with E-state index >= 15 is 0 Å². The van der Waals surface area contributed by atoms with Crippen molar-refractivity contribution >= 4 is 26.1 Å². The van der Waals surface area contributed by atoms with Crippen molar-refractivity contribution in [3.8, 4) is 0 Å². The topological polar surface area (TPSA) is 4.44 Å². The van der Waals surface area contributed by atoms with E-state index in [9.17, 15) is 39.0 Å². The van der Waals surface area contributed by atoms with Crippen LogP contribution in [-0.4, -0.2) is 57.7 Å². The molecule has 0 bridgehead atoms. The van der Waals surface area contributed by atoms with Crippen molar-refractivity contribution in [1.29, 1.82) is 0 Å². The fraction of sp³-hybridized carbons (Fsp3) is 1.00. The van der Waals surface area contributed by atoms with Gasteiger partial charge in [-0.3, -0.25) is 0 Å². The van der Waals surface area contributed by atoms with Gasteiger partial charge in [-0.25, -0.2) is 0 Å². The molecule has 0 saturated carbocycles. The average molecular weight is 370 g/mol. The van der Waals surface area contributed by atoms with E-state index in [1.807, 2.05) is 0 Å². The normalized spacial score (nSPS) is 25.5. The molecule has 1 N–H and O–H groups in total. The van der Waals surface area contributed by atoms with Crippen molar-refractivity contribution in [1.82, 2.24) is 0 Å². The van der Waals surface area contributed by atoms with E-state index < -0.39 is 14.5 Å². The van der Waals surface area contributed by atoms with Crippen LogP contribution < -0.4 is 5.12 Å². The maximum atomic E-state index is 12.8. The Kier molecular flexibility index (Phi) is 11.4. The summed E-state index contributed by atoms with van der Waals surface area (Å²) < 4.78 is 91.7. The second kappa shape index (κ2) is 10.5. The lowest BCUT2D eigenvalue weighted by molar-refractivity contribution is -1.10. The Morgan fingerprint density at radius 2 is 1.23 bits per heavy atom. The molecule has 14 heteroatoms. The van der Waals surface area contributed by atoms with Crippen LogP contribution >= 0.6 is 11.6 Å². The molecular formula is C8H18B2ClF9N2. The summed E-state index contributed by atoms with van der Waals surface area (Å²) in [5.41, 5.74) is 0. The van der Waals surface area contributed by atoms with Crippen LogP contribution in [0.2, 0.25) is 0 Å². The molecule has 0 amide bonds. The van der Waals surface area contributed by atoms with Gasteiger partial charge in [0.05, 0.1) is 6.54 Å². The van der Waals surface area contributed by atoms with Crippen molar-refractivity contribution in [3.63, 3.8) is 0 Å². The first-order valence-electron chi connectivity index (χ1n) is 6.38. The molecule has 2 nitrogen and oxygen atoms in total. The Morgan fingerprint density at radius 3 is 1.45 bits per heavy atom. The van der Waals surface area contributed by atoms with Gasteiger partial charge in [-0.05, 0) is 10.9 Å². The SMILES string of the molecule is CCC[N+]1(CCl)CC[NH+](F)CC1.F[B-](F)(F)F.F[B-](F)(F)F. The number of nitrogens with one attached hydrogen (secondary N) is 1. The van der Waals surface area contributed by atoms with Crippen molar-refractivity contribution in [2.75, 3.05) is 38.7 Å². The molecule has 0 aliphatic carbocycles. The van der Waals surface area contributed by atoms with Crippen LogP contribution in [0.25, 0.3) is 0 Å². The van der Waals surface area contributed by atoms with Crippen LogP contribution in [0.15, 0.2) is 0 Å². The highest BCUT2D eigenvalue weighted by atomic mass is 35.5. The summed E-state index contributed by atoms with van der Waals surface area (Å²) in [5.74, 6) is 0. The molecule has 1 heterocycles. The Labute approximate surface area is 127 Å². The molecule has 0 aromatic rings. The van der Waals surface area contributed by atoms with Gasteiger partial charge in [0.15, 0.2) is 19.1 Å². The highest BCUT2D eigenvalue weighted by molar-refractivity contribution is 6.50.